The molecule has 0 spiro atoms. The second-order valence-electron chi connectivity index (χ2n) is 7.74. The molecule has 28 heavy (non-hydrogen) atoms. The van der Waals surface area contributed by atoms with Crippen LogP contribution in [0.5, 0.6) is 0 Å². The van der Waals surface area contributed by atoms with E-state index >= 15 is 0 Å². The Morgan fingerprint density at radius 2 is 2.07 bits per heavy atom. The van der Waals surface area contributed by atoms with Crippen LogP contribution in [0.2, 0.25) is 0 Å². The molecular weight excluding hydrogens is 358 g/mol. The van der Waals surface area contributed by atoms with Gasteiger partial charge in [0.05, 0.1) is 12.1 Å². The summed E-state index contributed by atoms with van der Waals surface area (Å²) in [7, 11) is 0. The second kappa shape index (κ2) is 11.0. The van der Waals surface area contributed by atoms with Gasteiger partial charge in [-0.3, -0.25) is 14.4 Å². The molecule has 1 saturated carbocycles. The van der Waals surface area contributed by atoms with E-state index in [4.69, 9.17) is 4.74 Å². The standard InChI is InChI=1S/C21H33N3O4/c1-4-13-28-18-9-8-16(21(27)22-15(2)3)14-17(18)23-19(25)10-12-24-11-6-5-7-20(24)26/h5-7,11,15-18H,4,8-10,12-14H2,1-3H3,(H,22,27)(H,23,25)/t16-,17+,18+/m0/s1. The van der Waals surface area contributed by atoms with Gasteiger partial charge in [0.1, 0.15) is 0 Å². The van der Waals surface area contributed by atoms with Gasteiger partial charge in [-0.25, -0.2) is 0 Å². The van der Waals surface area contributed by atoms with Crippen LogP contribution in [-0.2, 0) is 20.9 Å². The quantitative estimate of drug-likeness (QED) is 0.672. The number of rotatable bonds is 9. The van der Waals surface area contributed by atoms with Crippen molar-refractivity contribution in [2.75, 3.05) is 6.61 Å². The molecule has 2 N–H and O–H groups in total. The summed E-state index contributed by atoms with van der Waals surface area (Å²) in [6, 6.07) is 4.83. The van der Waals surface area contributed by atoms with Gasteiger partial charge in [-0.15, -0.1) is 0 Å². The minimum absolute atomic E-state index is 0.0408. The van der Waals surface area contributed by atoms with Crippen LogP contribution in [0.4, 0.5) is 0 Å². The van der Waals surface area contributed by atoms with Gasteiger partial charge >= 0.3 is 0 Å². The van der Waals surface area contributed by atoms with Crippen LogP contribution in [0.25, 0.3) is 0 Å². The molecule has 0 radical (unpaired) electrons. The van der Waals surface area contributed by atoms with Crippen molar-refractivity contribution in [3.63, 3.8) is 0 Å². The third-order valence-corrected chi connectivity index (χ3v) is 4.95. The average molecular weight is 392 g/mol. The lowest BCUT2D eigenvalue weighted by Crippen LogP contribution is -2.51. The number of aromatic nitrogens is 1. The first-order chi connectivity index (χ1) is 13.4. The molecule has 1 fully saturated rings. The first kappa shape index (κ1) is 22.1. The zero-order chi connectivity index (χ0) is 20.5. The van der Waals surface area contributed by atoms with E-state index in [1.54, 1.807) is 18.3 Å². The number of pyridine rings is 1. The third-order valence-electron chi connectivity index (χ3n) is 4.95. The molecule has 7 nitrogen and oxygen atoms in total. The SMILES string of the molecule is CCCO[C@@H]1CC[C@H](C(=O)NC(C)C)C[C@H]1NC(=O)CCn1ccccc1=O. The molecular formula is C21H33N3O4. The highest BCUT2D eigenvalue weighted by atomic mass is 16.5. The lowest BCUT2D eigenvalue weighted by Gasteiger charge is -2.36. The topological polar surface area (TPSA) is 89.4 Å². The van der Waals surface area contributed by atoms with Crippen LogP contribution in [0.1, 0.15) is 52.9 Å². The van der Waals surface area contributed by atoms with Gasteiger partial charge < -0.3 is 19.9 Å². The third kappa shape index (κ3) is 6.78. The fourth-order valence-corrected chi connectivity index (χ4v) is 3.55. The molecule has 1 heterocycles. The van der Waals surface area contributed by atoms with Crippen molar-refractivity contribution in [1.29, 1.82) is 0 Å². The van der Waals surface area contributed by atoms with Gasteiger partial charge in [0.2, 0.25) is 11.8 Å². The van der Waals surface area contributed by atoms with Gasteiger partial charge in [-0.2, -0.15) is 0 Å². The van der Waals surface area contributed by atoms with Crippen molar-refractivity contribution in [1.82, 2.24) is 15.2 Å². The Morgan fingerprint density at radius 1 is 1.29 bits per heavy atom. The van der Waals surface area contributed by atoms with Crippen molar-refractivity contribution in [3.05, 3.63) is 34.7 Å². The van der Waals surface area contributed by atoms with Gasteiger partial charge in [0.15, 0.2) is 0 Å². The van der Waals surface area contributed by atoms with Gasteiger partial charge in [0.25, 0.3) is 5.56 Å². The Kier molecular flexibility index (Phi) is 8.70. The van der Waals surface area contributed by atoms with E-state index in [9.17, 15) is 14.4 Å². The molecule has 0 aliphatic heterocycles. The molecule has 0 bridgehead atoms. The second-order valence-corrected chi connectivity index (χ2v) is 7.74. The molecule has 1 aliphatic carbocycles. The minimum atomic E-state index is -0.191. The van der Waals surface area contributed by atoms with Crippen molar-refractivity contribution >= 4 is 11.8 Å². The zero-order valence-electron chi connectivity index (χ0n) is 17.1. The number of carbonyl (C=O) groups excluding carboxylic acids is 2. The Hall–Kier alpha value is -2.15. The molecule has 0 saturated heterocycles. The van der Waals surface area contributed by atoms with Crippen LogP contribution in [0, 0.1) is 5.92 Å². The molecule has 3 atom stereocenters. The molecule has 0 unspecified atom stereocenters. The fourth-order valence-electron chi connectivity index (χ4n) is 3.55. The smallest absolute Gasteiger partial charge is 0.250 e. The number of ether oxygens (including phenoxy) is 1. The Bertz CT molecular complexity index is 701. The number of carbonyl (C=O) groups is 2. The highest BCUT2D eigenvalue weighted by Gasteiger charge is 2.35. The van der Waals surface area contributed by atoms with E-state index in [-0.39, 0.29) is 47.9 Å². The summed E-state index contributed by atoms with van der Waals surface area (Å²) in [6.45, 7) is 6.90. The molecule has 0 aromatic carbocycles. The van der Waals surface area contributed by atoms with Crippen molar-refractivity contribution < 1.29 is 14.3 Å². The molecule has 1 aliphatic rings. The number of aryl methyl sites for hydroxylation is 1. The predicted molar refractivity (Wildman–Crippen MR) is 108 cm³/mol. The number of amides is 2. The minimum Gasteiger partial charge on any atom is -0.376 e. The highest BCUT2D eigenvalue weighted by molar-refractivity contribution is 5.79. The van der Waals surface area contributed by atoms with E-state index in [0.29, 0.717) is 19.6 Å². The van der Waals surface area contributed by atoms with Crippen LogP contribution in [-0.4, -0.2) is 41.2 Å². The zero-order valence-corrected chi connectivity index (χ0v) is 17.1. The molecule has 7 heteroatoms. The Morgan fingerprint density at radius 3 is 2.75 bits per heavy atom. The van der Waals surface area contributed by atoms with Crippen LogP contribution >= 0.6 is 0 Å². The summed E-state index contributed by atoms with van der Waals surface area (Å²) < 4.78 is 7.45. The maximum absolute atomic E-state index is 12.5. The fraction of sp³-hybridized carbons (Fsp3) is 0.667. The Balaban J connectivity index is 1.95. The normalized spacial score (nSPS) is 22.1. The van der Waals surface area contributed by atoms with Gasteiger partial charge in [-0.1, -0.05) is 13.0 Å². The first-order valence-corrected chi connectivity index (χ1v) is 10.3. The van der Waals surface area contributed by atoms with E-state index in [1.165, 1.54) is 10.6 Å². The van der Waals surface area contributed by atoms with Crippen LogP contribution < -0.4 is 16.2 Å². The number of hydrogen-bond acceptors (Lipinski definition) is 4. The summed E-state index contributed by atoms with van der Waals surface area (Å²) in [4.78, 5) is 36.7. The maximum Gasteiger partial charge on any atom is 0.250 e. The predicted octanol–water partition coefficient (Wildman–Crippen LogP) is 1.84. The van der Waals surface area contributed by atoms with Gasteiger partial charge in [-0.05, 0) is 45.6 Å². The summed E-state index contributed by atoms with van der Waals surface area (Å²) in [5.74, 6) is -0.208. The van der Waals surface area contributed by atoms with Crippen molar-refractivity contribution in [2.24, 2.45) is 5.92 Å². The van der Waals surface area contributed by atoms with E-state index in [1.807, 2.05) is 20.8 Å². The van der Waals surface area contributed by atoms with Crippen molar-refractivity contribution in [2.45, 2.75) is 77.6 Å². The molecule has 2 amide bonds. The lowest BCUT2D eigenvalue weighted by molar-refractivity contribution is -0.131. The van der Waals surface area contributed by atoms with E-state index < -0.39 is 0 Å². The number of nitrogens with zero attached hydrogens (tertiary/aromatic N) is 1. The number of nitrogens with one attached hydrogen (secondary N) is 2. The summed E-state index contributed by atoms with van der Waals surface area (Å²) >= 11 is 0. The number of hydrogen-bond donors (Lipinski definition) is 2. The maximum atomic E-state index is 12.5. The Labute approximate surface area is 166 Å². The van der Waals surface area contributed by atoms with Crippen LogP contribution in [0.15, 0.2) is 29.2 Å². The molecule has 156 valence electrons. The highest BCUT2D eigenvalue weighted by Crippen LogP contribution is 2.27. The molecule has 1 aromatic rings. The summed E-state index contributed by atoms with van der Waals surface area (Å²) in [5, 5.41) is 6.01. The van der Waals surface area contributed by atoms with E-state index in [0.717, 1.165) is 19.3 Å². The van der Waals surface area contributed by atoms with E-state index in [2.05, 4.69) is 10.6 Å². The van der Waals surface area contributed by atoms with Gasteiger partial charge in [0, 0.05) is 43.8 Å². The lowest BCUT2D eigenvalue weighted by atomic mass is 9.82. The summed E-state index contributed by atoms with van der Waals surface area (Å²) in [6.07, 6.45) is 4.80. The average Bonchev–Trinajstić information content (AvgIpc) is 2.65. The first-order valence-electron chi connectivity index (χ1n) is 10.3. The summed E-state index contributed by atoms with van der Waals surface area (Å²) in [5.41, 5.74) is -0.123. The molecule has 1 aromatic heterocycles. The van der Waals surface area contributed by atoms with Crippen LogP contribution in [0.3, 0.4) is 0 Å². The molecule has 2 rings (SSSR count). The van der Waals surface area contributed by atoms with Crippen molar-refractivity contribution in [3.8, 4) is 0 Å². The monoisotopic (exact) mass is 391 g/mol. The largest absolute Gasteiger partial charge is 0.376 e.